The summed E-state index contributed by atoms with van der Waals surface area (Å²) >= 11 is 0. The Bertz CT molecular complexity index is 605. The van der Waals surface area contributed by atoms with Gasteiger partial charge in [0.25, 0.3) is 0 Å². The van der Waals surface area contributed by atoms with Crippen LogP contribution >= 0.6 is 0 Å². The number of rotatable bonds is 8. The van der Waals surface area contributed by atoms with Crippen LogP contribution in [0.3, 0.4) is 0 Å². The van der Waals surface area contributed by atoms with Gasteiger partial charge in [0.2, 0.25) is 5.88 Å². The van der Waals surface area contributed by atoms with Crippen LogP contribution in [0.15, 0.2) is 12.3 Å². The van der Waals surface area contributed by atoms with E-state index in [2.05, 4.69) is 10.4 Å². The van der Waals surface area contributed by atoms with Crippen LogP contribution in [0.5, 0.6) is 5.88 Å². The molecule has 8 nitrogen and oxygen atoms in total. The van der Waals surface area contributed by atoms with Gasteiger partial charge in [0.1, 0.15) is 5.56 Å². The van der Waals surface area contributed by atoms with Crippen LogP contribution < -0.4 is 15.8 Å². The van der Waals surface area contributed by atoms with E-state index in [9.17, 15) is 9.59 Å². The summed E-state index contributed by atoms with van der Waals surface area (Å²) in [7, 11) is 0. The Morgan fingerprint density at radius 2 is 2.12 bits per heavy atom. The Morgan fingerprint density at radius 3 is 2.67 bits per heavy atom. The van der Waals surface area contributed by atoms with Crippen LogP contribution in [0.4, 0.5) is 4.79 Å². The first-order chi connectivity index (χ1) is 11.2. The van der Waals surface area contributed by atoms with Gasteiger partial charge in [0.05, 0.1) is 24.9 Å². The number of carbonyl (C=O) groups is 2. The van der Waals surface area contributed by atoms with Gasteiger partial charge in [0.15, 0.2) is 0 Å². The number of primary amides is 1. The Kier molecular flexibility index (Phi) is 6.82. The Morgan fingerprint density at radius 1 is 1.46 bits per heavy atom. The molecule has 3 N–H and O–H groups in total. The molecule has 1 heterocycles. The summed E-state index contributed by atoms with van der Waals surface area (Å²) in [5.74, 6) is 0.0825. The van der Waals surface area contributed by atoms with Gasteiger partial charge in [-0.15, -0.1) is 0 Å². The lowest BCUT2D eigenvalue weighted by Crippen LogP contribution is -2.44. The van der Waals surface area contributed by atoms with Crippen molar-refractivity contribution in [2.75, 3.05) is 13.2 Å². The highest BCUT2D eigenvalue weighted by Gasteiger charge is 2.21. The molecule has 0 saturated carbocycles. The van der Waals surface area contributed by atoms with Gasteiger partial charge in [-0.3, -0.25) is 0 Å². The number of urea groups is 1. The number of nitrogens with two attached hydrogens (primary N) is 1. The van der Waals surface area contributed by atoms with Crippen LogP contribution in [0.2, 0.25) is 0 Å². The molecule has 0 aliphatic rings. The highest BCUT2D eigenvalue weighted by atomic mass is 16.5. The fraction of sp³-hybridized carbons (Fsp3) is 0.562. The molecule has 0 radical (unpaired) electrons. The Labute approximate surface area is 142 Å². The van der Waals surface area contributed by atoms with Crippen LogP contribution in [0.1, 0.15) is 45.0 Å². The zero-order valence-corrected chi connectivity index (χ0v) is 14.8. The number of ether oxygens (including phenoxy) is 2. The molecule has 0 aromatic carbocycles. The van der Waals surface area contributed by atoms with Crippen molar-refractivity contribution in [3.8, 4) is 5.88 Å². The molecule has 1 aromatic heterocycles. The minimum atomic E-state index is -0.683. The van der Waals surface area contributed by atoms with Gasteiger partial charge < -0.3 is 20.5 Å². The molecule has 134 valence electrons. The molecule has 2 amide bonds. The molecule has 0 saturated heterocycles. The number of amides is 2. The minimum Gasteiger partial charge on any atom is -0.477 e. The zero-order chi connectivity index (χ0) is 18.3. The van der Waals surface area contributed by atoms with E-state index in [-0.39, 0.29) is 18.1 Å². The third-order valence-electron chi connectivity index (χ3n) is 2.88. The molecule has 0 fully saturated rings. The molecule has 1 aromatic rings. The van der Waals surface area contributed by atoms with Gasteiger partial charge >= 0.3 is 12.0 Å². The fourth-order valence-electron chi connectivity index (χ4n) is 1.81. The molecule has 0 atom stereocenters. The standard InChI is InChI=1S/C16H26N4O4/c1-6-23-14(21)12-9-18-20(13(12)24-10-11(2)3)8-7-16(4,5)19-15(17)22/h7-9,11H,6,10H2,1-5H3,(H3,17,19,22)/b8-7+. The van der Waals surface area contributed by atoms with Gasteiger partial charge in [-0.05, 0) is 32.8 Å². The molecule has 24 heavy (non-hydrogen) atoms. The molecule has 1 rings (SSSR count). The third-order valence-corrected chi connectivity index (χ3v) is 2.88. The van der Waals surface area contributed by atoms with Crippen molar-refractivity contribution in [2.24, 2.45) is 11.7 Å². The number of carbonyl (C=O) groups excluding carboxylic acids is 2. The maximum Gasteiger partial charge on any atom is 0.345 e. The van der Waals surface area contributed by atoms with Gasteiger partial charge in [-0.25, -0.2) is 14.3 Å². The van der Waals surface area contributed by atoms with Crippen molar-refractivity contribution in [2.45, 2.75) is 40.2 Å². The molecule has 0 aliphatic heterocycles. The van der Waals surface area contributed by atoms with Gasteiger partial charge in [-0.1, -0.05) is 13.8 Å². The van der Waals surface area contributed by atoms with Crippen LogP contribution in [-0.2, 0) is 4.74 Å². The van der Waals surface area contributed by atoms with Crippen LogP contribution in [-0.4, -0.2) is 40.5 Å². The lowest BCUT2D eigenvalue weighted by molar-refractivity contribution is 0.0520. The largest absolute Gasteiger partial charge is 0.477 e. The van der Waals surface area contributed by atoms with Crippen molar-refractivity contribution in [1.29, 1.82) is 0 Å². The maximum atomic E-state index is 12.0. The maximum absolute atomic E-state index is 12.0. The average Bonchev–Trinajstić information content (AvgIpc) is 2.85. The number of nitrogens with zero attached hydrogens (tertiary/aromatic N) is 2. The fourth-order valence-corrected chi connectivity index (χ4v) is 1.81. The van der Waals surface area contributed by atoms with Crippen molar-refractivity contribution in [3.63, 3.8) is 0 Å². The van der Waals surface area contributed by atoms with E-state index in [0.717, 1.165) is 0 Å². The topological polar surface area (TPSA) is 108 Å². The monoisotopic (exact) mass is 338 g/mol. The summed E-state index contributed by atoms with van der Waals surface area (Å²) in [6.07, 6.45) is 4.70. The quantitative estimate of drug-likeness (QED) is 0.705. The van der Waals surface area contributed by atoms with Crippen molar-refractivity contribution in [3.05, 3.63) is 17.8 Å². The highest BCUT2D eigenvalue weighted by Crippen LogP contribution is 2.21. The smallest absolute Gasteiger partial charge is 0.345 e. The first-order valence-corrected chi connectivity index (χ1v) is 7.80. The van der Waals surface area contributed by atoms with Gasteiger partial charge in [0, 0.05) is 6.20 Å². The summed E-state index contributed by atoms with van der Waals surface area (Å²) in [6, 6.07) is -0.631. The summed E-state index contributed by atoms with van der Waals surface area (Å²) in [5.41, 5.74) is 4.71. The second kappa shape index (κ2) is 8.37. The summed E-state index contributed by atoms with van der Waals surface area (Å²) in [6.45, 7) is 9.97. The summed E-state index contributed by atoms with van der Waals surface area (Å²) in [4.78, 5) is 23.0. The molecule has 8 heteroatoms. The predicted molar refractivity (Wildman–Crippen MR) is 90.6 cm³/mol. The lowest BCUT2D eigenvalue weighted by atomic mass is 10.1. The first kappa shape index (κ1) is 19.5. The number of esters is 1. The van der Waals surface area contributed by atoms with Crippen molar-refractivity contribution < 1.29 is 19.1 Å². The number of nitrogens with one attached hydrogen (secondary N) is 1. The summed E-state index contributed by atoms with van der Waals surface area (Å²) in [5, 5.41) is 6.73. The average molecular weight is 338 g/mol. The highest BCUT2D eigenvalue weighted by molar-refractivity contribution is 5.92. The second-order valence-electron chi connectivity index (χ2n) is 6.26. The van der Waals surface area contributed by atoms with E-state index < -0.39 is 17.5 Å². The van der Waals surface area contributed by atoms with Crippen LogP contribution in [0, 0.1) is 5.92 Å². The molecule has 0 spiro atoms. The van der Waals surface area contributed by atoms with Crippen LogP contribution in [0.25, 0.3) is 6.20 Å². The predicted octanol–water partition coefficient (Wildman–Crippen LogP) is 2.01. The number of hydrogen-bond donors (Lipinski definition) is 2. The van der Waals surface area contributed by atoms with E-state index in [1.165, 1.54) is 10.9 Å². The molecule has 0 unspecified atom stereocenters. The summed E-state index contributed by atoms with van der Waals surface area (Å²) < 4.78 is 12.2. The SMILES string of the molecule is CCOC(=O)c1cnn(/C=C/C(C)(C)NC(N)=O)c1OCC(C)C. The number of aromatic nitrogens is 2. The molecule has 0 aliphatic carbocycles. The van der Waals surface area contributed by atoms with E-state index in [4.69, 9.17) is 15.2 Å². The van der Waals surface area contributed by atoms with E-state index in [0.29, 0.717) is 12.5 Å². The molecular formula is C16H26N4O4. The molecular weight excluding hydrogens is 312 g/mol. The Balaban J connectivity index is 3.08. The van der Waals surface area contributed by atoms with Crippen molar-refractivity contribution in [1.82, 2.24) is 15.1 Å². The van der Waals surface area contributed by atoms with E-state index in [1.54, 1.807) is 33.0 Å². The number of hydrogen-bond acceptors (Lipinski definition) is 5. The second-order valence-corrected chi connectivity index (χ2v) is 6.26. The first-order valence-electron chi connectivity index (χ1n) is 7.80. The van der Waals surface area contributed by atoms with Gasteiger partial charge in [-0.2, -0.15) is 5.10 Å². The lowest BCUT2D eigenvalue weighted by Gasteiger charge is -2.20. The normalized spacial score (nSPS) is 11.8. The van der Waals surface area contributed by atoms with E-state index >= 15 is 0 Å². The van der Waals surface area contributed by atoms with Crippen molar-refractivity contribution >= 4 is 18.2 Å². The van der Waals surface area contributed by atoms with E-state index in [1.807, 2.05) is 13.8 Å². The molecule has 0 bridgehead atoms. The third kappa shape index (κ3) is 5.94. The Hall–Kier alpha value is -2.51. The zero-order valence-electron chi connectivity index (χ0n) is 14.8. The minimum absolute atomic E-state index is 0.253.